The molecule has 35 heavy (non-hydrogen) atoms. The summed E-state index contributed by atoms with van der Waals surface area (Å²) in [5, 5.41) is 22.1. The molecule has 5 aromatic rings. The van der Waals surface area contributed by atoms with Crippen LogP contribution >= 0.6 is 0 Å². The number of aromatic nitrogens is 5. The maximum atomic E-state index is 14.6. The third kappa shape index (κ3) is 4.76. The van der Waals surface area contributed by atoms with Gasteiger partial charge in [0.15, 0.2) is 5.82 Å². The topological polar surface area (TPSA) is 80.3 Å². The fraction of sp³-hybridized carbons (Fsp3) is 0.192. The van der Waals surface area contributed by atoms with Gasteiger partial charge in [-0.1, -0.05) is 6.07 Å². The van der Waals surface area contributed by atoms with Gasteiger partial charge in [-0.3, -0.25) is 9.67 Å². The zero-order valence-electron chi connectivity index (χ0n) is 19.5. The van der Waals surface area contributed by atoms with Crippen molar-refractivity contribution < 1.29 is 13.9 Å². The summed E-state index contributed by atoms with van der Waals surface area (Å²) in [5.74, 6) is -1.49. The third-order valence-corrected chi connectivity index (χ3v) is 5.60. The second-order valence-electron chi connectivity index (χ2n) is 9.16. The molecule has 4 aromatic heterocycles. The van der Waals surface area contributed by atoms with Crippen LogP contribution in [-0.2, 0) is 7.05 Å². The molecule has 7 nitrogen and oxygen atoms in total. The van der Waals surface area contributed by atoms with Crippen molar-refractivity contribution in [1.82, 2.24) is 24.4 Å². The molecule has 0 saturated heterocycles. The minimum absolute atomic E-state index is 0.0369. The molecule has 0 aliphatic carbocycles. The van der Waals surface area contributed by atoms with E-state index in [-0.39, 0.29) is 12.2 Å². The van der Waals surface area contributed by atoms with E-state index >= 15 is 0 Å². The van der Waals surface area contributed by atoms with Crippen LogP contribution < -0.4 is 5.32 Å². The monoisotopic (exact) mass is 474 g/mol. The highest BCUT2D eigenvalue weighted by Crippen LogP contribution is 2.34. The van der Waals surface area contributed by atoms with Crippen molar-refractivity contribution in [2.45, 2.75) is 19.4 Å². The van der Waals surface area contributed by atoms with Crippen LogP contribution in [0.2, 0.25) is 0 Å². The Bertz CT molecular complexity index is 1530. The molecule has 4 heterocycles. The zero-order valence-corrected chi connectivity index (χ0v) is 19.5. The molecule has 0 aliphatic rings. The van der Waals surface area contributed by atoms with E-state index in [9.17, 15) is 13.9 Å². The largest absolute Gasteiger partial charge is 0.389 e. The predicted molar refractivity (Wildman–Crippen MR) is 131 cm³/mol. The third-order valence-electron chi connectivity index (χ3n) is 5.60. The molecule has 0 aliphatic heterocycles. The maximum absolute atomic E-state index is 14.6. The molecule has 0 unspecified atom stereocenters. The van der Waals surface area contributed by atoms with Crippen molar-refractivity contribution >= 4 is 11.2 Å². The Morgan fingerprint density at radius 1 is 0.914 bits per heavy atom. The Balaban J connectivity index is 1.61. The minimum atomic E-state index is -0.956. The number of aryl methyl sites for hydroxylation is 1. The van der Waals surface area contributed by atoms with E-state index in [0.29, 0.717) is 11.3 Å². The number of fused-ring (bicyclic) bond motifs is 1. The highest BCUT2D eigenvalue weighted by molar-refractivity contribution is 5.85. The van der Waals surface area contributed by atoms with Gasteiger partial charge >= 0.3 is 0 Å². The molecule has 0 amide bonds. The summed E-state index contributed by atoms with van der Waals surface area (Å²) in [6.45, 7) is 3.66. The lowest BCUT2D eigenvalue weighted by molar-refractivity contribution is 0.0945. The minimum Gasteiger partial charge on any atom is -0.389 e. The first-order valence-electron chi connectivity index (χ1n) is 11.1. The zero-order chi connectivity index (χ0) is 24.7. The molecule has 0 fully saturated rings. The smallest absolute Gasteiger partial charge is 0.152 e. The predicted octanol–water partition coefficient (Wildman–Crippen LogP) is 4.92. The fourth-order valence-electron chi connectivity index (χ4n) is 3.91. The highest BCUT2D eigenvalue weighted by Gasteiger charge is 2.16. The first-order chi connectivity index (χ1) is 16.7. The van der Waals surface area contributed by atoms with Gasteiger partial charge < -0.3 is 10.4 Å². The fourth-order valence-corrected chi connectivity index (χ4v) is 3.91. The van der Waals surface area contributed by atoms with E-state index in [0.717, 1.165) is 40.0 Å². The van der Waals surface area contributed by atoms with Crippen LogP contribution in [0, 0.1) is 11.6 Å². The number of anilines is 1. The van der Waals surface area contributed by atoms with E-state index in [1.807, 2.05) is 37.6 Å². The van der Waals surface area contributed by atoms with Crippen molar-refractivity contribution in [2.75, 3.05) is 11.9 Å². The van der Waals surface area contributed by atoms with Gasteiger partial charge in [0.25, 0.3) is 0 Å². The Labute approximate surface area is 200 Å². The number of aliphatic hydroxyl groups is 1. The number of benzene rings is 1. The molecule has 0 saturated carbocycles. The summed E-state index contributed by atoms with van der Waals surface area (Å²) in [6, 6.07) is 10.2. The van der Waals surface area contributed by atoms with E-state index in [1.54, 1.807) is 47.6 Å². The molecule has 9 heteroatoms. The van der Waals surface area contributed by atoms with Crippen LogP contribution in [-0.4, -0.2) is 41.6 Å². The van der Waals surface area contributed by atoms with Crippen molar-refractivity contribution in [3.8, 4) is 33.5 Å². The first-order valence-corrected chi connectivity index (χ1v) is 11.1. The number of hydrogen-bond acceptors (Lipinski definition) is 5. The number of hydrogen-bond donors (Lipinski definition) is 2. The van der Waals surface area contributed by atoms with Crippen LogP contribution in [0.4, 0.5) is 14.5 Å². The summed E-state index contributed by atoms with van der Waals surface area (Å²) in [6.07, 6.45) is 8.38. The molecule has 0 atom stereocenters. The van der Waals surface area contributed by atoms with Crippen LogP contribution in [0.25, 0.3) is 39.0 Å². The van der Waals surface area contributed by atoms with Crippen LogP contribution in [0.5, 0.6) is 0 Å². The van der Waals surface area contributed by atoms with Crippen molar-refractivity contribution in [1.29, 1.82) is 0 Å². The van der Waals surface area contributed by atoms with Crippen molar-refractivity contribution in [3.63, 3.8) is 0 Å². The highest BCUT2D eigenvalue weighted by atomic mass is 19.1. The molecule has 0 bridgehead atoms. The van der Waals surface area contributed by atoms with Gasteiger partial charge in [-0.05, 0) is 43.7 Å². The standard InChI is InChI=1S/C26H24F2N6O/c1-26(2,35)15-30-21-7-17(6-18(8-21)25-23(28)9-20(27)11-29-25)22-12-32-34-14-16(4-5-24(22)34)19-10-31-33(3)13-19/h4-14,30,35H,15H2,1-3H3. The SMILES string of the molecule is Cn1cc(-c2ccc3c(-c4cc(NCC(C)(C)O)cc(-c5ncc(F)cc5F)c4)cnn3c2)cn1. The second kappa shape index (κ2) is 8.59. The molecular formula is C26H24F2N6O. The molecule has 0 radical (unpaired) electrons. The number of nitrogens with one attached hydrogen (secondary N) is 1. The van der Waals surface area contributed by atoms with Gasteiger partial charge in [-0.2, -0.15) is 10.2 Å². The lowest BCUT2D eigenvalue weighted by atomic mass is 10.00. The lowest BCUT2D eigenvalue weighted by Crippen LogP contribution is -2.29. The van der Waals surface area contributed by atoms with Gasteiger partial charge in [0, 0.05) is 60.0 Å². The molecule has 0 spiro atoms. The Kier molecular flexibility index (Phi) is 5.56. The Morgan fingerprint density at radius 2 is 1.71 bits per heavy atom. The first kappa shape index (κ1) is 22.7. The molecular weight excluding hydrogens is 450 g/mol. The normalized spacial score (nSPS) is 11.8. The summed E-state index contributed by atoms with van der Waals surface area (Å²) in [5.41, 5.74) is 4.63. The van der Waals surface area contributed by atoms with Gasteiger partial charge in [0.05, 0.1) is 29.7 Å². The summed E-state index contributed by atoms with van der Waals surface area (Å²) < 4.78 is 31.6. The Hall–Kier alpha value is -4.11. The summed E-state index contributed by atoms with van der Waals surface area (Å²) in [7, 11) is 1.86. The van der Waals surface area contributed by atoms with E-state index in [4.69, 9.17) is 0 Å². The second-order valence-corrected chi connectivity index (χ2v) is 9.16. The average molecular weight is 475 g/mol. The van der Waals surface area contributed by atoms with Gasteiger partial charge in [-0.15, -0.1) is 0 Å². The summed E-state index contributed by atoms with van der Waals surface area (Å²) >= 11 is 0. The number of pyridine rings is 2. The van der Waals surface area contributed by atoms with Gasteiger partial charge in [0.1, 0.15) is 11.5 Å². The summed E-state index contributed by atoms with van der Waals surface area (Å²) in [4.78, 5) is 3.97. The molecule has 5 rings (SSSR count). The molecule has 178 valence electrons. The van der Waals surface area contributed by atoms with Crippen molar-refractivity contribution in [3.05, 3.63) is 79.0 Å². The number of nitrogens with zero attached hydrogens (tertiary/aromatic N) is 5. The van der Waals surface area contributed by atoms with Crippen LogP contribution in [0.3, 0.4) is 0 Å². The Morgan fingerprint density at radius 3 is 2.43 bits per heavy atom. The molecule has 2 N–H and O–H groups in total. The average Bonchev–Trinajstić information content (AvgIpc) is 3.43. The van der Waals surface area contributed by atoms with Crippen molar-refractivity contribution in [2.24, 2.45) is 7.05 Å². The van der Waals surface area contributed by atoms with Gasteiger partial charge in [-0.25, -0.2) is 13.3 Å². The van der Waals surface area contributed by atoms with E-state index in [1.165, 1.54) is 0 Å². The van der Waals surface area contributed by atoms with Crippen LogP contribution in [0.15, 0.2) is 67.4 Å². The maximum Gasteiger partial charge on any atom is 0.152 e. The van der Waals surface area contributed by atoms with Crippen LogP contribution in [0.1, 0.15) is 13.8 Å². The van der Waals surface area contributed by atoms with E-state index < -0.39 is 17.2 Å². The molecule has 1 aromatic carbocycles. The van der Waals surface area contributed by atoms with Gasteiger partial charge in [0.2, 0.25) is 0 Å². The quantitative estimate of drug-likeness (QED) is 0.365. The lowest BCUT2D eigenvalue weighted by Gasteiger charge is -2.19. The van der Waals surface area contributed by atoms with E-state index in [2.05, 4.69) is 20.5 Å². The number of halogens is 2. The number of rotatable bonds is 6.